The highest BCUT2D eigenvalue weighted by Gasteiger charge is 2.04. The lowest BCUT2D eigenvalue weighted by atomic mass is 10.1. The lowest BCUT2D eigenvalue weighted by Crippen LogP contribution is -1.96. The van der Waals surface area contributed by atoms with Gasteiger partial charge in [0.2, 0.25) is 0 Å². The van der Waals surface area contributed by atoms with Crippen LogP contribution >= 0.6 is 0 Å². The summed E-state index contributed by atoms with van der Waals surface area (Å²) >= 11 is 0. The highest BCUT2D eigenvalue weighted by atomic mass is 16.1. The van der Waals surface area contributed by atoms with Gasteiger partial charge in [0.15, 0.2) is 6.29 Å². The summed E-state index contributed by atoms with van der Waals surface area (Å²) in [6.45, 7) is 3.27. The minimum absolute atomic E-state index is 0.787. The van der Waals surface area contributed by atoms with Crippen LogP contribution in [0.3, 0.4) is 0 Å². The Labute approximate surface area is 102 Å². The van der Waals surface area contributed by atoms with Gasteiger partial charge in [-0.15, -0.1) is 0 Å². The van der Waals surface area contributed by atoms with Crippen LogP contribution in [0.4, 0.5) is 0 Å². The largest absolute Gasteiger partial charge is 0.347 e. The zero-order valence-corrected chi connectivity index (χ0v) is 10.4. The maximum atomic E-state index is 10.9. The molecule has 0 atom stereocenters. The van der Waals surface area contributed by atoms with Gasteiger partial charge in [-0.05, 0) is 18.6 Å². The number of aldehydes is 1. The van der Waals surface area contributed by atoms with Crippen LogP contribution in [-0.2, 0) is 6.54 Å². The smallest absolute Gasteiger partial charge is 0.150 e. The quantitative estimate of drug-likeness (QED) is 0.541. The molecule has 0 unspecified atom stereocenters. The van der Waals surface area contributed by atoms with Gasteiger partial charge < -0.3 is 4.57 Å². The number of aromatic nitrogens is 1. The average Bonchev–Trinajstić information content (AvgIpc) is 2.78. The number of hydrogen-bond acceptors (Lipinski definition) is 1. The fourth-order valence-electron chi connectivity index (χ4n) is 2.25. The molecule has 0 aliphatic carbocycles. The number of aryl methyl sites for hydroxylation is 1. The molecular formula is C15H19NO. The van der Waals surface area contributed by atoms with Crippen molar-refractivity contribution < 1.29 is 4.79 Å². The van der Waals surface area contributed by atoms with Crippen molar-refractivity contribution >= 4 is 17.2 Å². The second-order valence-corrected chi connectivity index (χ2v) is 4.47. The molecule has 1 heterocycles. The third kappa shape index (κ3) is 2.57. The summed E-state index contributed by atoms with van der Waals surface area (Å²) in [6.07, 6.45) is 8.08. The third-order valence-corrected chi connectivity index (χ3v) is 3.23. The minimum atomic E-state index is 0.787. The summed E-state index contributed by atoms with van der Waals surface area (Å²) in [5.74, 6) is 0. The maximum Gasteiger partial charge on any atom is 0.150 e. The monoisotopic (exact) mass is 229 g/mol. The number of carbonyl (C=O) groups is 1. The van der Waals surface area contributed by atoms with Gasteiger partial charge in [0.1, 0.15) is 0 Å². The highest BCUT2D eigenvalue weighted by molar-refractivity contribution is 5.97. The lowest BCUT2D eigenvalue weighted by molar-refractivity contribution is 0.112. The molecular weight excluding hydrogens is 210 g/mol. The van der Waals surface area contributed by atoms with Gasteiger partial charge in [-0.1, -0.05) is 38.3 Å². The van der Waals surface area contributed by atoms with Crippen molar-refractivity contribution in [3.05, 3.63) is 36.0 Å². The molecule has 2 nitrogen and oxygen atoms in total. The van der Waals surface area contributed by atoms with Gasteiger partial charge >= 0.3 is 0 Å². The van der Waals surface area contributed by atoms with E-state index in [0.717, 1.165) is 23.8 Å². The molecule has 0 spiro atoms. The number of benzene rings is 1. The van der Waals surface area contributed by atoms with Crippen molar-refractivity contribution in [2.45, 2.75) is 39.2 Å². The Balaban J connectivity index is 2.16. The number of rotatable bonds is 6. The molecule has 1 aromatic carbocycles. The predicted octanol–water partition coefficient (Wildman–Crippen LogP) is 4.03. The standard InChI is InChI=1S/C15H19NO/c1-2-3-4-5-10-16-11-9-14-13(12-17)7-6-8-15(14)16/h6-9,11-12H,2-5,10H2,1H3. The van der Waals surface area contributed by atoms with E-state index in [-0.39, 0.29) is 0 Å². The first-order valence-electron chi connectivity index (χ1n) is 6.40. The van der Waals surface area contributed by atoms with Crippen LogP contribution in [0.15, 0.2) is 30.5 Å². The summed E-state index contributed by atoms with van der Waals surface area (Å²) in [5, 5.41) is 1.07. The highest BCUT2D eigenvalue weighted by Crippen LogP contribution is 2.19. The van der Waals surface area contributed by atoms with Crippen molar-refractivity contribution in [2.75, 3.05) is 0 Å². The molecule has 0 aliphatic heterocycles. The molecule has 0 N–H and O–H groups in total. The summed E-state index contributed by atoms with van der Waals surface area (Å²) in [4.78, 5) is 10.9. The van der Waals surface area contributed by atoms with Crippen LogP contribution in [-0.4, -0.2) is 10.9 Å². The minimum Gasteiger partial charge on any atom is -0.347 e. The van der Waals surface area contributed by atoms with Gasteiger partial charge in [-0.25, -0.2) is 0 Å². The van der Waals surface area contributed by atoms with Gasteiger partial charge in [-0.3, -0.25) is 4.79 Å². The van der Waals surface area contributed by atoms with E-state index in [0.29, 0.717) is 0 Å². The number of unbranched alkanes of at least 4 members (excludes halogenated alkanes) is 3. The Kier molecular flexibility index (Phi) is 3.97. The zero-order valence-electron chi connectivity index (χ0n) is 10.4. The molecule has 0 fully saturated rings. The van der Waals surface area contributed by atoms with Gasteiger partial charge in [0.05, 0.1) is 0 Å². The second-order valence-electron chi connectivity index (χ2n) is 4.47. The molecule has 0 aliphatic rings. The molecule has 0 saturated carbocycles. The van der Waals surface area contributed by atoms with E-state index in [9.17, 15) is 4.79 Å². The number of hydrogen-bond donors (Lipinski definition) is 0. The van der Waals surface area contributed by atoms with Crippen molar-refractivity contribution in [1.29, 1.82) is 0 Å². The Bertz CT molecular complexity index is 499. The molecule has 2 rings (SSSR count). The molecule has 2 heteroatoms. The fraction of sp³-hybridized carbons (Fsp3) is 0.400. The zero-order chi connectivity index (χ0) is 12.1. The van der Waals surface area contributed by atoms with Crippen LogP contribution in [0, 0.1) is 0 Å². The molecule has 0 bridgehead atoms. The van der Waals surface area contributed by atoms with Crippen LogP contribution in [0.5, 0.6) is 0 Å². The SMILES string of the molecule is CCCCCCn1ccc2c(C=O)cccc21. The van der Waals surface area contributed by atoms with Crippen LogP contribution in [0.25, 0.3) is 10.9 Å². The van der Waals surface area contributed by atoms with Crippen LogP contribution in [0.2, 0.25) is 0 Å². The van der Waals surface area contributed by atoms with Crippen molar-refractivity contribution in [1.82, 2.24) is 4.57 Å². The second kappa shape index (κ2) is 5.67. The molecule has 17 heavy (non-hydrogen) atoms. The predicted molar refractivity (Wildman–Crippen MR) is 71.5 cm³/mol. The van der Waals surface area contributed by atoms with E-state index in [2.05, 4.69) is 23.8 Å². The van der Waals surface area contributed by atoms with E-state index < -0.39 is 0 Å². The Morgan fingerprint density at radius 3 is 2.82 bits per heavy atom. The summed E-state index contributed by atoms with van der Waals surface area (Å²) in [5.41, 5.74) is 1.96. The van der Waals surface area contributed by atoms with Gasteiger partial charge in [0.25, 0.3) is 0 Å². The number of nitrogens with zero attached hydrogens (tertiary/aromatic N) is 1. The Hall–Kier alpha value is -1.57. The van der Waals surface area contributed by atoms with Crippen LogP contribution in [0.1, 0.15) is 43.0 Å². The molecule has 0 amide bonds. The van der Waals surface area contributed by atoms with E-state index in [4.69, 9.17) is 0 Å². The summed E-state index contributed by atoms with van der Waals surface area (Å²) in [6, 6.07) is 7.95. The van der Waals surface area contributed by atoms with Crippen molar-refractivity contribution in [2.24, 2.45) is 0 Å². The van der Waals surface area contributed by atoms with Crippen molar-refractivity contribution in [3.8, 4) is 0 Å². The molecule has 1 aromatic heterocycles. The summed E-state index contributed by atoms with van der Waals surface area (Å²) in [7, 11) is 0. The molecule has 0 saturated heterocycles. The van der Waals surface area contributed by atoms with Gasteiger partial charge in [0, 0.05) is 29.2 Å². The first-order chi connectivity index (χ1) is 8.36. The normalized spacial score (nSPS) is 10.9. The maximum absolute atomic E-state index is 10.9. The van der Waals surface area contributed by atoms with E-state index in [1.807, 2.05) is 18.2 Å². The number of fused-ring (bicyclic) bond motifs is 1. The first kappa shape index (κ1) is 11.9. The van der Waals surface area contributed by atoms with E-state index in [1.54, 1.807) is 0 Å². The first-order valence-corrected chi connectivity index (χ1v) is 6.40. The molecule has 90 valence electrons. The molecule has 0 radical (unpaired) electrons. The topological polar surface area (TPSA) is 22.0 Å². The third-order valence-electron chi connectivity index (χ3n) is 3.23. The lowest BCUT2D eigenvalue weighted by Gasteiger charge is -2.05. The Morgan fingerprint density at radius 1 is 1.18 bits per heavy atom. The summed E-state index contributed by atoms with van der Waals surface area (Å²) < 4.78 is 2.25. The van der Waals surface area contributed by atoms with Crippen molar-refractivity contribution in [3.63, 3.8) is 0 Å². The van der Waals surface area contributed by atoms with E-state index in [1.165, 1.54) is 31.2 Å². The van der Waals surface area contributed by atoms with Gasteiger partial charge in [-0.2, -0.15) is 0 Å². The number of carbonyl (C=O) groups excluding carboxylic acids is 1. The fourth-order valence-corrected chi connectivity index (χ4v) is 2.25. The molecule has 2 aromatic rings. The average molecular weight is 229 g/mol. The van der Waals surface area contributed by atoms with E-state index >= 15 is 0 Å². The Morgan fingerprint density at radius 2 is 2.06 bits per heavy atom. The van der Waals surface area contributed by atoms with Crippen LogP contribution < -0.4 is 0 Å².